The zero-order chi connectivity index (χ0) is 67.0. The maximum absolute atomic E-state index is 12.1. The molecule has 0 saturated carbocycles. The van der Waals surface area contributed by atoms with Gasteiger partial charge >= 0.3 is 29.8 Å². The fourth-order valence-electron chi connectivity index (χ4n) is 8.65. The largest absolute Gasteiger partial charge is 0.461 e. The van der Waals surface area contributed by atoms with Crippen molar-refractivity contribution < 1.29 is 47.7 Å². The van der Waals surface area contributed by atoms with Crippen LogP contribution in [0, 0.1) is 29.6 Å². The SMILES string of the molecule is CC(C)C(=O)OC(C)(C)c1cc(C(C)(C)C)cc(C(C)(C)C)c1.CC(C)C(=O)OC(C)(C)c1ccccc1.CC(C)C(=O)OCc1cccc2ccccc12.CCC(C)(OC(=O)C(C)C)c1ccccc1.CCC(CC)(OC(=O)C(C)C)c1ccccc1. The summed E-state index contributed by atoms with van der Waals surface area (Å²) in [6.07, 6.45) is 2.37. The number of hydrogen-bond acceptors (Lipinski definition) is 10. The molecule has 0 amide bonds. The third-order valence-electron chi connectivity index (χ3n) is 15.3. The van der Waals surface area contributed by atoms with Crippen molar-refractivity contribution in [1.29, 1.82) is 0 Å². The number of hydrogen-bond donors (Lipinski definition) is 0. The van der Waals surface area contributed by atoms with Gasteiger partial charge in [0, 0.05) is 0 Å². The van der Waals surface area contributed by atoms with E-state index in [1.165, 1.54) is 16.5 Å². The van der Waals surface area contributed by atoms with Gasteiger partial charge in [-0.3, -0.25) is 24.0 Å². The van der Waals surface area contributed by atoms with E-state index in [1.807, 2.05) is 232 Å². The molecule has 1 atom stereocenters. The van der Waals surface area contributed by atoms with Crippen molar-refractivity contribution in [2.45, 2.75) is 225 Å². The number of fused-ring (bicyclic) bond motifs is 1. The molecule has 0 spiro atoms. The number of carbonyl (C=O) groups is 5. The Morgan fingerprint density at radius 3 is 1.08 bits per heavy atom. The van der Waals surface area contributed by atoms with Crippen LogP contribution in [-0.4, -0.2) is 29.8 Å². The molecule has 0 N–H and O–H groups in total. The highest BCUT2D eigenvalue weighted by molar-refractivity contribution is 5.86. The molecule has 0 radical (unpaired) electrons. The van der Waals surface area contributed by atoms with E-state index in [9.17, 15) is 24.0 Å². The first-order valence-corrected chi connectivity index (χ1v) is 31.7. The van der Waals surface area contributed by atoms with Gasteiger partial charge in [0.1, 0.15) is 29.0 Å². The number of rotatable bonds is 18. The molecular weight excluding hydrogens is 1100 g/mol. The molecular formula is C78H110O10. The van der Waals surface area contributed by atoms with Gasteiger partial charge in [0.05, 0.1) is 29.6 Å². The van der Waals surface area contributed by atoms with E-state index in [2.05, 4.69) is 85.7 Å². The van der Waals surface area contributed by atoms with Gasteiger partial charge in [-0.15, -0.1) is 0 Å². The van der Waals surface area contributed by atoms with Gasteiger partial charge in [0.15, 0.2) is 0 Å². The second kappa shape index (κ2) is 34.6. The molecule has 482 valence electrons. The summed E-state index contributed by atoms with van der Waals surface area (Å²) in [5.41, 5.74) is 5.73. The number of carbonyl (C=O) groups excluding carboxylic acids is 5. The van der Waals surface area contributed by atoms with Gasteiger partial charge in [-0.1, -0.05) is 283 Å². The lowest BCUT2D eigenvalue weighted by Gasteiger charge is -2.32. The first-order valence-electron chi connectivity index (χ1n) is 31.7. The zero-order valence-corrected chi connectivity index (χ0v) is 58.2. The van der Waals surface area contributed by atoms with Crippen LogP contribution in [0.2, 0.25) is 0 Å². The summed E-state index contributed by atoms with van der Waals surface area (Å²) in [6.45, 7) is 48.0. The standard InChI is InChI=1S/C21H34O2.C15H16O2.C15H22O2.C14H20O2.C13H18O2/c1-14(2)18(22)23-21(9,10)17-12-15(19(3,4)5)11-16(13-17)20(6,7)8;1-11(2)15(16)17-10-13-8-5-7-12-6-3-4-9-14(12)13;1-5-15(6-2,17-14(16)12(3)4)13-10-8-7-9-11-13;1-5-14(4,16-13(15)11(2)3)12-9-7-6-8-10-12;1-10(2)12(14)15-13(3,4)11-8-6-5-7-9-11/h11-14H,1-10H3;3-9,11H,10H2,1-2H3;7-12H,5-6H2,1-4H3;6-11H,5H2,1-4H3;5-10H,1-4H3. The van der Waals surface area contributed by atoms with Gasteiger partial charge < -0.3 is 23.7 Å². The van der Waals surface area contributed by atoms with Crippen molar-refractivity contribution in [2.75, 3.05) is 0 Å². The third-order valence-corrected chi connectivity index (χ3v) is 15.3. The van der Waals surface area contributed by atoms with Crippen molar-refractivity contribution >= 4 is 40.6 Å². The Morgan fingerprint density at radius 2 is 0.682 bits per heavy atom. The first-order chi connectivity index (χ1) is 40.8. The molecule has 0 aromatic heterocycles. The summed E-state index contributed by atoms with van der Waals surface area (Å²) < 4.78 is 27.8. The van der Waals surface area contributed by atoms with E-state index in [1.54, 1.807) is 0 Å². The zero-order valence-electron chi connectivity index (χ0n) is 58.2. The summed E-state index contributed by atoms with van der Waals surface area (Å²) in [6, 6.07) is 50.5. The highest BCUT2D eigenvalue weighted by Gasteiger charge is 2.34. The maximum atomic E-state index is 12.1. The predicted molar refractivity (Wildman–Crippen MR) is 361 cm³/mol. The molecule has 0 saturated heterocycles. The normalized spacial score (nSPS) is 12.4. The van der Waals surface area contributed by atoms with Crippen LogP contribution in [0.25, 0.3) is 10.8 Å². The molecule has 0 aliphatic heterocycles. The Bertz CT molecular complexity index is 3040. The predicted octanol–water partition coefficient (Wildman–Crippen LogP) is 19.8. The molecule has 0 heterocycles. The lowest BCUT2D eigenvalue weighted by molar-refractivity contribution is -0.166. The molecule has 6 rings (SSSR count). The highest BCUT2D eigenvalue weighted by atomic mass is 16.6. The number of benzene rings is 6. The number of esters is 5. The van der Waals surface area contributed by atoms with Crippen LogP contribution in [0.4, 0.5) is 0 Å². The van der Waals surface area contributed by atoms with Gasteiger partial charge in [-0.25, -0.2) is 0 Å². The second-order valence-corrected chi connectivity index (χ2v) is 27.4. The Morgan fingerprint density at radius 1 is 0.341 bits per heavy atom. The van der Waals surface area contributed by atoms with Crippen LogP contribution in [0.1, 0.15) is 224 Å². The van der Waals surface area contributed by atoms with Crippen molar-refractivity contribution in [3.05, 3.63) is 191 Å². The molecule has 0 bridgehead atoms. The van der Waals surface area contributed by atoms with Crippen LogP contribution >= 0.6 is 0 Å². The fourth-order valence-corrected chi connectivity index (χ4v) is 8.65. The quantitative estimate of drug-likeness (QED) is 0.0605. The van der Waals surface area contributed by atoms with Crippen LogP contribution in [0.5, 0.6) is 0 Å². The van der Waals surface area contributed by atoms with Gasteiger partial charge in [-0.05, 0) is 114 Å². The minimum Gasteiger partial charge on any atom is -0.461 e. The van der Waals surface area contributed by atoms with E-state index in [4.69, 9.17) is 23.7 Å². The minimum absolute atomic E-state index is 0.0497. The minimum atomic E-state index is -0.636. The summed E-state index contributed by atoms with van der Waals surface area (Å²) in [4.78, 5) is 58.5. The average Bonchev–Trinajstić information content (AvgIpc) is 2.51. The molecule has 88 heavy (non-hydrogen) atoms. The van der Waals surface area contributed by atoms with Gasteiger partial charge in [-0.2, -0.15) is 0 Å². The summed E-state index contributed by atoms with van der Waals surface area (Å²) >= 11 is 0. The van der Waals surface area contributed by atoms with E-state index in [-0.39, 0.29) is 70.3 Å². The van der Waals surface area contributed by atoms with Crippen LogP contribution in [-0.2, 0) is 87.5 Å². The van der Waals surface area contributed by atoms with E-state index in [0.717, 1.165) is 52.5 Å². The van der Waals surface area contributed by atoms with E-state index < -0.39 is 22.4 Å². The van der Waals surface area contributed by atoms with E-state index in [0.29, 0.717) is 6.61 Å². The van der Waals surface area contributed by atoms with Crippen molar-refractivity contribution in [2.24, 2.45) is 29.6 Å². The molecule has 0 fully saturated rings. The van der Waals surface area contributed by atoms with Crippen molar-refractivity contribution in [1.82, 2.24) is 0 Å². The summed E-state index contributed by atoms with van der Waals surface area (Å²) in [5.74, 6) is -1.22. The van der Waals surface area contributed by atoms with Crippen LogP contribution in [0.15, 0.2) is 152 Å². The molecule has 6 aromatic carbocycles. The van der Waals surface area contributed by atoms with Crippen LogP contribution < -0.4 is 0 Å². The van der Waals surface area contributed by atoms with Gasteiger partial charge in [0.2, 0.25) is 0 Å². The molecule has 10 heteroatoms. The van der Waals surface area contributed by atoms with Crippen molar-refractivity contribution in [3.63, 3.8) is 0 Å². The second-order valence-electron chi connectivity index (χ2n) is 27.4. The Hall–Kier alpha value is -7.07. The Balaban J connectivity index is 0.000000378. The highest BCUT2D eigenvalue weighted by Crippen LogP contribution is 2.37. The maximum Gasteiger partial charge on any atom is 0.309 e. The van der Waals surface area contributed by atoms with E-state index >= 15 is 0 Å². The van der Waals surface area contributed by atoms with Gasteiger partial charge in [0.25, 0.3) is 0 Å². The summed E-state index contributed by atoms with van der Waals surface area (Å²) in [7, 11) is 0. The molecule has 0 aliphatic carbocycles. The molecule has 10 nitrogen and oxygen atoms in total. The Kier molecular flexibility index (Phi) is 30.3. The van der Waals surface area contributed by atoms with Crippen molar-refractivity contribution in [3.8, 4) is 0 Å². The smallest absolute Gasteiger partial charge is 0.309 e. The lowest BCUT2D eigenvalue weighted by Crippen LogP contribution is -2.32. The first kappa shape index (κ1) is 77.0. The Labute approximate surface area is 531 Å². The fraction of sp³-hybridized carbons (Fsp3) is 0.500. The summed E-state index contributed by atoms with van der Waals surface area (Å²) in [5, 5.41) is 2.32. The third kappa shape index (κ3) is 24.5. The average molecular weight is 1210 g/mol. The lowest BCUT2D eigenvalue weighted by atomic mass is 9.78. The van der Waals surface area contributed by atoms with Crippen LogP contribution in [0.3, 0.4) is 0 Å². The monoisotopic (exact) mass is 1210 g/mol. The molecule has 1 unspecified atom stereocenters. The topological polar surface area (TPSA) is 132 Å². The molecule has 6 aromatic rings. The molecule has 0 aliphatic rings. The number of ether oxygens (including phenoxy) is 5.